The SMILES string of the molecule is Cc1nc(F)ccc1C(Cl)C=O. The Hall–Kier alpha value is -0.960. The number of rotatable bonds is 2. The van der Waals surface area contributed by atoms with Gasteiger partial charge in [-0.25, -0.2) is 4.98 Å². The molecular formula is C8H7ClFNO. The monoisotopic (exact) mass is 187 g/mol. The molecule has 1 atom stereocenters. The highest BCUT2D eigenvalue weighted by Crippen LogP contribution is 2.20. The maximum atomic E-state index is 12.5. The molecular weight excluding hydrogens is 181 g/mol. The molecule has 0 aliphatic rings. The van der Waals surface area contributed by atoms with Gasteiger partial charge in [0.05, 0.1) is 0 Å². The second-order valence-electron chi connectivity index (χ2n) is 2.35. The lowest BCUT2D eigenvalue weighted by Gasteiger charge is -2.04. The maximum Gasteiger partial charge on any atom is 0.213 e. The van der Waals surface area contributed by atoms with Gasteiger partial charge >= 0.3 is 0 Å². The number of carbonyl (C=O) groups excluding carboxylic acids is 1. The standard InChI is InChI=1S/C8H7ClFNO/c1-5-6(7(9)4-12)2-3-8(10)11-5/h2-4,7H,1H3. The molecule has 1 heterocycles. The molecule has 2 nitrogen and oxygen atoms in total. The minimum Gasteiger partial charge on any atom is -0.301 e. The second kappa shape index (κ2) is 3.63. The van der Waals surface area contributed by atoms with Gasteiger partial charge in [-0.3, -0.25) is 0 Å². The van der Waals surface area contributed by atoms with Crippen molar-refractivity contribution in [2.45, 2.75) is 12.3 Å². The van der Waals surface area contributed by atoms with Gasteiger partial charge in [0.1, 0.15) is 11.7 Å². The van der Waals surface area contributed by atoms with Crippen molar-refractivity contribution in [3.63, 3.8) is 0 Å². The van der Waals surface area contributed by atoms with E-state index >= 15 is 0 Å². The van der Waals surface area contributed by atoms with E-state index in [0.29, 0.717) is 17.5 Å². The summed E-state index contributed by atoms with van der Waals surface area (Å²) in [6.07, 6.45) is 0.587. The van der Waals surface area contributed by atoms with Gasteiger partial charge in [-0.2, -0.15) is 4.39 Å². The van der Waals surface area contributed by atoms with Gasteiger partial charge in [-0.1, -0.05) is 6.07 Å². The molecule has 0 aliphatic carbocycles. The average molecular weight is 188 g/mol. The quantitative estimate of drug-likeness (QED) is 0.403. The summed E-state index contributed by atoms with van der Waals surface area (Å²) in [6.45, 7) is 1.61. The summed E-state index contributed by atoms with van der Waals surface area (Å²) in [5.41, 5.74) is 0.996. The van der Waals surface area contributed by atoms with Crippen molar-refractivity contribution in [2.75, 3.05) is 0 Å². The van der Waals surface area contributed by atoms with Crippen molar-refractivity contribution in [3.8, 4) is 0 Å². The Morgan fingerprint density at radius 3 is 2.83 bits per heavy atom. The van der Waals surface area contributed by atoms with Crippen molar-refractivity contribution in [1.82, 2.24) is 4.98 Å². The Morgan fingerprint density at radius 2 is 2.33 bits per heavy atom. The van der Waals surface area contributed by atoms with Crippen LogP contribution in [0, 0.1) is 12.9 Å². The van der Waals surface area contributed by atoms with Crippen molar-refractivity contribution in [3.05, 3.63) is 29.3 Å². The lowest BCUT2D eigenvalue weighted by atomic mass is 10.1. The number of aryl methyl sites for hydroxylation is 1. The number of hydrogen-bond acceptors (Lipinski definition) is 2. The number of pyridine rings is 1. The third kappa shape index (κ3) is 1.80. The zero-order chi connectivity index (χ0) is 9.14. The van der Waals surface area contributed by atoms with E-state index in [-0.39, 0.29) is 0 Å². The van der Waals surface area contributed by atoms with E-state index in [1.165, 1.54) is 12.1 Å². The Balaban J connectivity index is 3.09. The molecule has 0 radical (unpaired) electrons. The Kier molecular flexibility index (Phi) is 2.76. The van der Waals surface area contributed by atoms with Crippen LogP contribution in [-0.4, -0.2) is 11.3 Å². The molecule has 0 N–H and O–H groups in total. The van der Waals surface area contributed by atoms with Crippen molar-refractivity contribution in [2.24, 2.45) is 0 Å². The van der Waals surface area contributed by atoms with Crippen molar-refractivity contribution in [1.29, 1.82) is 0 Å². The van der Waals surface area contributed by atoms with Crippen LogP contribution in [0.2, 0.25) is 0 Å². The predicted octanol–water partition coefficient (Wildman–Crippen LogP) is 2.01. The topological polar surface area (TPSA) is 30.0 Å². The second-order valence-corrected chi connectivity index (χ2v) is 2.82. The predicted molar refractivity (Wildman–Crippen MR) is 43.6 cm³/mol. The molecule has 1 aromatic rings. The number of aldehydes is 1. The van der Waals surface area contributed by atoms with Crippen molar-refractivity contribution >= 4 is 17.9 Å². The van der Waals surface area contributed by atoms with E-state index in [4.69, 9.17) is 11.6 Å². The van der Waals surface area contributed by atoms with Crippen LogP contribution in [0.1, 0.15) is 16.6 Å². The summed E-state index contributed by atoms with van der Waals surface area (Å²) < 4.78 is 12.5. The smallest absolute Gasteiger partial charge is 0.213 e. The van der Waals surface area contributed by atoms with Gasteiger partial charge in [0.15, 0.2) is 0 Å². The van der Waals surface area contributed by atoms with Crippen LogP contribution in [-0.2, 0) is 4.79 Å². The van der Waals surface area contributed by atoms with Crippen LogP contribution in [0.25, 0.3) is 0 Å². The number of alkyl halides is 1. The zero-order valence-electron chi connectivity index (χ0n) is 6.42. The van der Waals surface area contributed by atoms with Crippen LogP contribution >= 0.6 is 11.6 Å². The lowest BCUT2D eigenvalue weighted by molar-refractivity contribution is -0.107. The third-order valence-electron chi connectivity index (χ3n) is 1.51. The highest BCUT2D eigenvalue weighted by atomic mass is 35.5. The van der Waals surface area contributed by atoms with Gasteiger partial charge in [0, 0.05) is 5.69 Å². The van der Waals surface area contributed by atoms with Crippen molar-refractivity contribution < 1.29 is 9.18 Å². The first-order valence-corrected chi connectivity index (χ1v) is 3.81. The molecule has 0 aromatic carbocycles. The Labute approximate surface area is 74.4 Å². The van der Waals surface area contributed by atoms with E-state index in [2.05, 4.69) is 4.98 Å². The number of carbonyl (C=O) groups is 1. The highest BCUT2D eigenvalue weighted by molar-refractivity contribution is 6.27. The van der Waals surface area contributed by atoms with Gasteiger partial charge in [-0.05, 0) is 18.6 Å². The minimum atomic E-state index is -0.738. The fraction of sp³-hybridized carbons (Fsp3) is 0.250. The van der Waals surface area contributed by atoms with E-state index < -0.39 is 11.3 Å². The summed E-state index contributed by atoms with van der Waals surface area (Å²) in [5, 5.41) is -0.738. The normalized spacial score (nSPS) is 12.6. The van der Waals surface area contributed by atoms with Gasteiger partial charge < -0.3 is 4.79 Å². The van der Waals surface area contributed by atoms with Gasteiger partial charge in [-0.15, -0.1) is 11.6 Å². The summed E-state index contributed by atoms with van der Waals surface area (Å²) in [5.74, 6) is -0.564. The van der Waals surface area contributed by atoms with Gasteiger partial charge in [0.25, 0.3) is 0 Å². The molecule has 1 unspecified atom stereocenters. The lowest BCUT2D eigenvalue weighted by Crippen LogP contribution is -1.98. The molecule has 0 amide bonds. The van der Waals surface area contributed by atoms with Crippen LogP contribution in [0.15, 0.2) is 12.1 Å². The maximum absolute atomic E-state index is 12.5. The van der Waals surface area contributed by atoms with E-state index in [1.807, 2.05) is 0 Å². The molecule has 0 aliphatic heterocycles. The molecule has 64 valence electrons. The highest BCUT2D eigenvalue weighted by Gasteiger charge is 2.10. The summed E-state index contributed by atoms with van der Waals surface area (Å²) in [4.78, 5) is 13.8. The number of aromatic nitrogens is 1. The number of halogens is 2. The largest absolute Gasteiger partial charge is 0.301 e. The summed E-state index contributed by atoms with van der Waals surface area (Å²) >= 11 is 5.62. The molecule has 0 bridgehead atoms. The first-order valence-electron chi connectivity index (χ1n) is 3.37. The summed E-state index contributed by atoms with van der Waals surface area (Å²) in [6, 6.07) is 2.64. The van der Waals surface area contributed by atoms with Crippen LogP contribution in [0.3, 0.4) is 0 Å². The molecule has 1 aromatic heterocycles. The van der Waals surface area contributed by atoms with Gasteiger partial charge in [0.2, 0.25) is 5.95 Å². The number of nitrogens with zero attached hydrogens (tertiary/aromatic N) is 1. The first kappa shape index (κ1) is 9.13. The van der Waals surface area contributed by atoms with E-state index in [0.717, 1.165) is 0 Å². The molecule has 0 saturated heterocycles. The average Bonchev–Trinajstić information content (AvgIpc) is 2.03. The first-order chi connectivity index (χ1) is 5.65. The van der Waals surface area contributed by atoms with Crippen LogP contribution in [0.4, 0.5) is 4.39 Å². The molecule has 0 saturated carbocycles. The van der Waals surface area contributed by atoms with E-state index in [1.54, 1.807) is 6.92 Å². The Morgan fingerprint density at radius 1 is 1.67 bits per heavy atom. The fourth-order valence-corrected chi connectivity index (χ4v) is 1.14. The van der Waals surface area contributed by atoms with Crippen LogP contribution in [0.5, 0.6) is 0 Å². The van der Waals surface area contributed by atoms with E-state index in [9.17, 15) is 9.18 Å². The van der Waals surface area contributed by atoms with Crippen LogP contribution < -0.4 is 0 Å². The number of hydrogen-bond donors (Lipinski definition) is 0. The zero-order valence-corrected chi connectivity index (χ0v) is 7.18. The Bertz CT molecular complexity index is 303. The fourth-order valence-electron chi connectivity index (χ4n) is 0.906. The molecule has 4 heteroatoms. The summed E-state index contributed by atoms with van der Waals surface area (Å²) in [7, 11) is 0. The molecule has 12 heavy (non-hydrogen) atoms. The molecule has 0 spiro atoms. The molecule has 1 rings (SSSR count). The third-order valence-corrected chi connectivity index (χ3v) is 1.85. The minimum absolute atomic E-state index is 0.446. The molecule has 0 fully saturated rings.